The van der Waals surface area contributed by atoms with Gasteiger partial charge in [-0.2, -0.15) is 0 Å². The van der Waals surface area contributed by atoms with Gasteiger partial charge in [0.2, 0.25) is 5.95 Å². The van der Waals surface area contributed by atoms with Gasteiger partial charge in [0.25, 0.3) is 0 Å². The summed E-state index contributed by atoms with van der Waals surface area (Å²) in [5.74, 6) is 0.591. The molecule has 72 heavy (non-hydrogen) atoms. The zero-order valence-corrected chi connectivity index (χ0v) is 39.1. The highest BCUT2D eigenvalue weighted by atomic mass is 15.2. The third-order valence-corrected chi connectivity index (χ3v) is 14.1. The SMILES string of the molecule is c1ccc(-c2cccc(-c3cc(-c4cccc(-c5ccccc5)c4)nc(-n4c5c(c6ccccc64)-c4ccccc4N(c4cccc6c(-c7ccc8ccccc8n7)cccc46)c4ccccc4-5)n3)c2)cc1. The monoisotopic (exact) mass is 917 g/mol. The summed E-state index contributed by atoms with van der Waals surface area (Å²) < 4.78 is 2.31. The maximum atomic E-state index is 5.61. The molecule has 0 amide bonds. The van der Waals surface area contributed by atoms with Crippen LogP contribution in [-0.2, 0) is 0 Å². The Morgan fingerprint density at radius 1 is 0.292 bits per heavy atom. The van der Waals surface area contributed by atoms with Crippen molar-refractivity contribution in [3.05, 3.63) is 261 Å². The van der Waals surface area contributed by atoms with E-state index in [1.165, 1.54) is 0 Å². The first-order valence-electron chi connectivity index (χ1n) is 24.4. The third-order valence-electron chi connectivity index (χ3n) is 14.1. The summed E-state index contributed by atoms with van der Waals surface area (Å²) in [5.41, 5.74) is 19.8. The van der Waals surface area contributed by atoms with Gasteiger partial charge in [0.05, 0.1) is 50.9 Å². The van der Waals surface area contributed by atoms with Crippen LogP contribution in [0.5, 0.6) is 0 Å². The summed E-state index contributed by atoms with van der Waals surface area (Å²) in [4.78, 5) is 18.9. The molecule has 1 aliphatic heterocycles. The first kappa shape index (κ1) is 41.3. The van der Waals surface area contributed by atoms with E-state index < -0.39 is 0 Å². The second-order valence-electron chi connectivity index (χ2n) is 18.3. The number of rotatable bonds is 7. The van der Waals surface area contributed by atoms with E-state index in [9.17, 15) is 0 Å². The Morgan fingerprint density at radius 3 is 1.54 bits per heavy atom. The Kier molecular flexibility index (Phi) is 9.78. The van der Waals surface area contributed by atoms with E-state index in [1.54, 1.807) is 0 Å². The molecular weight excluding hydrogens is 875 g/mol. The molecule has 14 rings (SSSR count). The molecule has 0 fully saturated rings. The van der Waals surface area contributed by atoms with Crippen LogP contribution in [0.2, 0.25) is 0 Å². The maximum Gasteiger partial charge on any atom is 0.235 e. The number of aromatic nitrogens is 4. The molecule has 0 unspecified atom stereocenters. The van der Waals surface area contributed by atoms with Gasteiger partial charge in [-0.15, -0.1) is 0 Å². The van der Waals surface area contributed by atoms with Crippen molar-refractivity contribution in [1.29, 1.82) is 0 Å². The first-order chi connectivity index (χ1) is 35.7. The number of nitrogens with zero attached hydrogens (tertiary/aromatic N) is 5. The standard InChI is InChI=1S/C67H43N5/c1-3-19-44(20-4-1)47-24-15-26-49(41-47)59-43-60(50-27-16-25-48(42-50)45-21-5-2-6-22-45)70-67(69-59)72-63-36-13-9-29-55(63)65-54-28-8-12-35-62(54)71(64-37-14-10-30-56(64)66(65)72)61-38-18-31-51-52(32-17-33-53(51)61)58-40-39-46-23-7-11-34-57(46)68-58/h1-43H. The molecule has 4 heterocycles. The minimum absolute atomic E-state index is 0.591. The van der Waals surface area contributed by atoms with E-state index in [1.807, 2.05) is 0 Å². The summed E-state index contributed by atoms with van der Waals surface area (Å²) in [6.07, 6.45) is 0. The van der Waals surface area contributed by atoms with Gasteiger partial charge in [0.1, 0.15) is 0 Å². The molecule has 0 N–H and O–H groups in total. The lowest BCUT2D eigenvalue weighted by Crippen LogP contribution is -2.12. The second kappa shape index (κ2) is 17.1. The molecule has 0 bridgehead atoms. The molecule has 1 aliphatic rings. The average molecular weight is 918 g/mol. The predicted molar refractivity (Wildman–Crippen MR) is 298 cm³/mol. The molecule has 0 saturated carbocycles. The second-order valence-corrected chi connectivity index (χ2v) is 18.3. The van der Waals surface area contributed by atoms with Gasteiger partial charge in [0.15, 0.2) is 0 Å². The Balaban J connectivity index is 1.02. The fourth-order valence-corrected chi connectivity index (χ4v) is 10.8. The molecule has 10 aromatic carbocycles. The quantitative estimate of drug-likeness (QED) is 0.160. The van der Waals surface area contributed by atoms with Crippen LogP contribution in [0.3, 0.4) is 0 Å². The first-order valence-corrected chi connectivity index (χ1v) is 24.4. The molecule has 0 aliphatic carbocycles. The van der Waals surface area contributed by atoms with E-state index in [4.69, 9.17) is 15.0 Å². The van der Waals surface area contributed by atoms with Crippen LogP contribution >= 0.6 is 0 Å². The van der Waals surface area contributed by atoms with Crippen molar-refractivity contribution in [3.8, 4) is 84.4 Å². The van der Waals surface area contributed by atoms with Crippen molar-refractivity contribution in [2.75, 3.05) is 4.90 Å². The number of fused-ring (bicyclic) bond motifs is 9. The van der Waals surface area contributed by atoms with Crippen LogP contribution in [0.15, 0.2) is 261 Å². The molecule has 5 heteroatoms. The zero-order valence-electron chi connectivity index (χ0n) is 39.1. The van der Waals surface area contributed by atoms with Gasteiger partial charge in [0, 0.05) is 49.5 Å². The molecule has 3 aromatic heterocycles. The topological polar surface area (TPSA) is 46.8 Å². The fraction of sp³-hybridized carbons (Fsp3) is 0. The molecule has 5 nitrogen and oxygen atoms in total. The van der Waals surface area contributed by atoms with E-state index in [-0.39, 0.29) is 0 Å². The smallest absolute Gasteiger partial charge is 0.235 e. The zero-order chi connectivity index (χ0) is 47.5. The average Bonchev–Trinajstić information content (AvgIpc) is 3.75. The molecular formula is C67H43N5. The Morgan fingerprint density at radius 2 is 0.806 bits per heavy atom. The molecule has 0 atom stereocenters. The number of para-hydroxylation sites is 4. The van der Waals surface area contributed by atoms with Crippen molar-refractivity contribution in [2.45, 2.75) is 0 Å². The highest BCUT2D eigenvalue weighted by Crippen LogP contribution is 2.55. The molecule has 0 radical (unpaired) electrons. The van der Waals surface area contributed by atoms with Crippen molar-refractivity contribution in [2.24, 2.45) is 0 Å². The maximum absolute atomic E-state index is 5.61. The Hall–Kier alpha value is -9.71. The van der Waals surface area contributed by atoms with Crippen LogP contribution in [0.1, 0.15) is 0 Å². The number of hydrogen-bond donors (Lipinski definition) is 0. The number of anilines is 3. The lowest BCUT2D eigenvalue weighted by Gasteiger charge is -2.29. The number of hydrogen-bond acceptors (Lipinski definition) is 4. The highest BCUT2D eigenvalue weighted by molar-refractivity contribution is 6.15. The fourth-order valence-electron chi connectivity index (χ4n) is 10.8. The van der Waals surface area contributed by atoms with Gasteiger partial charge >= 0.3 is 0 Å². The lowest BCUT2D eigenvalue weighted by molar-refractivity contribution is 0.975. The Bertz CT molecular complexity index is 4130. The van der Waals surface area contributed by atoms with E-state index in [0.717, 1.165) is 128 Å². The van der Waals surface area contributed by atoms with Gasteiger partial charge < -0.3 is 4.90 Å². The highest BCUT2D eigenvalue weighted by Gasteiger charge is 2.33. The predicted octanol–water partition coefficient (Wildman–Crippen LogP) is 17.6. The van der Waals surface area contributed by atoms with Crippen LogP contribution in [-0.4, -0.2) is 19.5 Å². The van der Waals surface area contributed by atoms with Crippen molar-refractivity contribution < 1.29 is 0 Å². The molecule has 336 valence electrons. The minimum Gasteiger partial charge on any atom is -0.309 e. The van der Waals surface area contributed by atoms with Gasteiger partial charge in [-0.25, -0.2) is 15.0 Å². The summed E-state index contributed by atoms with van der Waals surface area (Å²) in [6.45, 7) is 0. The van der Waals surface area contributed by atoms with Crippen LogP contribution in [0.4, 0.5) is 17.1 Å². The summed E-state index contributed by atoms with van der Waals surface area (Å²) in [5, 5.41) is 4.51. The van der Waals surface area contributed by atoms with Gasteiger partial charge in [-0.05, 0) is 82.2 Å². The van der Waals surface area contributed by atoms with E-state index in [2.05, 4.69) is 270 Å². The summed E-state index contributed by atoms with van der Waals surface area (Å²) >= 11 is 0. The Labute approximate surface area is 417 Å². The normalized spacial score (nSPS) is 11.9. The van der Waals surface area contributed by atoms with Crippen LogP contribution < -0.4 is 4.90 Å². The third kappa shape index (κ3) is 6.90. The lowest BCUT2D eigenvalue weighted by atomic mass is 9.98. The molecule has 0 spiro atoms. The number of benzene rings is 10. The van der Waals surface area contributed by atoms with Crippen molar-refractivity contribution in [3.63, 3.8) is 0 Å². The van der Waals surface area contributed by atoms with Crippen molar-refractivity contribution in [1.82, 2.24) is 19.5 Å². The number of pyridine rings is 1. The van der Waals surface area contributed by atoms with Crippen LogP contribution in [0, 0.1) is 0 Å². The van der Waals surface area contributed by atoms with Gasteiger partial charge in [-0.1, -0.05) is 206 Å². The van der Waals surface area contributed by atoms with E-state index in [0.29, 0.717) is 5.95 Å². The van der Waals surface area contributed by atoms with Crippen LogP contribution in [0.25, 0.3) is 117 Å². The summed E-state index contributed by atoms with van der Waals surface area (Å²) in [6, 6.07) is 92.9. The largest absolute Gasteiger partial charge is 0.309 e. The molecule has 0 saturated heterocycles. The minimum atomic E-state index is 0.591. The van der Waals surface area contributed by atoms with Crippen molar-refractivity contribution >= 4 is 49.6 Å². The van der Waals surface area contributed by atoms with E-state index >= 15 is 0 Å². The van der Waals surface area contributed by atoms with Gasteiger partial charge in [-0.3, -0.25) is 4.57 Å². The summed E-state index contributed by atoms with van der Waals surface area (Å²) in [7, 11) is 0. The molecule has 13 aromatic rings.